The number of nitrogens with zero attached hydrogens (tertiary/aromatic N) is 2. The van der Waals surface area contributed by atoms with E-state index in [1.807, 2.05) is 16.9 Å². The zero-order valence-corrected chi connectivity index (χ0v) is 8.66. The van der Waals surface area contributed by atoms with Crippen molar-refractivity contribution in [1.82, 2.24) is 15.1 Å². The van der Waals surface area contributed by atoms with Crippen molar-refractivity contribution in [3.8, 4) is 12.3 Å². The van der Waals surface area contributed by atoms with E-state index in [1.54, 1.807) is 0 Å². The van der Waals surface area contributed by atoms with Crippen LogP contribution in [0.4, 0.5) is 0 Å². The summed E-state index contributed by atoms with van der Waals surface area (Å²) in [6.45, 7) is 4.87. The lowest BCUT2D eigenvalue weighted by Gasteiger charge is -2.06. The molecule has 1 heterocycles. The second kappa shape index (κ2) is 6.22. The van der Waals surface area contributed by atoms with E-state index in [2.05, 4.69) is 23.3 Å². The molecule has 0 saturated heterocycles. The molecule has 1 rings (SSSR count). The van der Waals surface area contributed by atoms with Crippen LogP contribution < -0.4 is 5.32 Å². The van der Waals surface area contributed by atoms with Crippen molar-refractivity contribution in [3.63, 3.8) is 0 Å². The smallest absolute Gasteiger partial charge is 0.0522 e. The summed E-state index contributed by atoms with van der Waals surface area (Å²) < 4.78 is 2.01. The molecule has 1 aromatic heterocycles. The van der Waals surface area contributed by atoms with E-state index in [0.717, 1.165) is 32.5 Å². The van der Waals surface area contributed by atoms with Gasteiger partial charge in [0.25, 0.3) is 0 Å². The second-order valence-corrected chi connectivity index (χ2v) is 3.13. The van der Waals surface area contributed by atoms with Gasteiger partial charge in [-0.15, -0.1) is 12.3 Å². The molecule has 0 amide bonds. The van der Waals surface area contributed by atoms with Crippen LogP contribution in [0.3, 0.4) is 0 Å². The molecule has 3 heteroatoms. The van der Waals surface area contributed by atoms with Crippen LogP contribution in [0.1, 0.15) is 25.5 Å². The Labute approximate surface area is 85.5 Å². The van der Waals surface area contributed by atoms with Crippen LogP contribution in [-0.4, -0.2) is 16.3 Å². The molecule has 1 N–H and O–H groups in total. The Balaban J connectivity index is 2.42. The van der Waals surface area contributed by atoms with Crippen molar-refractivity contribution in [2.24, 2.45) is 0 Å². The summed E-state index contributed by atoms with van der Waals surface area (Å²) >= 11 is 0. The predicted octanol–water partition coefficient (Wildman–Crippen LogP) is 1.41. The molecule has 0 bridgehead atoms. The zero-order chi connectivity index (χ0) is 10.2. The fourth-order valence-electron chi connectivity index (χ4n) is 1.30. The van der Waals surface area contributed by atoms with Gasteiger partial charge < -0.3 is 5.32 Å². The normalized spacial score (nSPS) is 10.0. The quantitative estimate of drug-likeness (QED) is 0.544. The minimum Gasteiger partial charge on any atom is -0.311 e. The lowest BCUT2D eigenvalue weighted by Crippen LogP contribution is -2.16. The van der Waals surface area contributed by atoms with Gasteiger partial charge in [0.15, 0.2) is 0 Å². The van der Waals surface area contributed by atoms with Crippen molar-refractivity contribution in [1.29, 1.82) is 0 Å². The van der Waals surface area contributed by atoms with Crippen molar-refractivity contribution in [3.05, 3.63) is 18.0 Å². The molecule has 1 aromatic rings. The molecule has 0 aliphatic heterocycles. The van der Waals surface area contributed by atoms with E-state index in [-0.39, 0.29) is 0 Å². The van der Waals surface area contributed by atoms with E-state index in [9.17, 15) is 0 Å². The summed E-state index contributed by atoms with van der Waals surface area (Å²) in [5, 5.41) is 7.53. The molecule has 0 unspecified atom stereocenters. The van der Waals surface area contributed by atoms with Gasteiger partial charge in [0.2, 0.25) is 0 Å². The van der Waals surface area contributed by atoms with Crippen molar-refractivity contribution < 1.29 is 0 Å². The number of aryl methyl sites for hydroxylation is 1. The third-order valence-corrected chi connectivity index (χ3v) is 2.05. The first-order valence-electron chi connectivity index (χ1n) is 5.03. The monoisotopic (exact) mass is 191 g/mol. The third kappa shape index (κ3) is 3.23. The Morgan fingerprint density at radius 2 is 2.50 bits per heavy atom. The maximum Gasteiger partial charge on any atom is 0.0522 e. The first kappa shape index (κ1) is 10.8. The van der Waals surface area contributed by atoms with Gasteiger partial charge in [-0.3, -0.25) is 4.68 Å². The molecule has 14 heavy (non-hydrogen) atoms. The summed E-state index contributed by atoms with van der Waals surface area (Å²) in [5.74, 6) is 2.64. The molecule has 0 atom stereocenters. The lowest BCUT2D eigenvalue weighted by molar-refractivity contribution is 0.544. The number of hydrogen-bond acceptors (Lipinski definition) is 2. The van der Waals surface area contributed by atoms with E-state index < -0.39 is 0 Å². The first-order chi connectivity index (χ1) is 6.88. The van der Waals surface area contributed by atoms with Crippen molar-refractivity contribution in [2.45, 2.75) is 32.9 Å². The Hall–Kier alpha value is -1.27. The van der Waals surface area contributed by atoms with E-state index in [1.165, 1.54) is 5.69 Å². The van der Waals surface area contributed by atoms with Crippen LogP contribution in [-0.2, 0) is 13.1 Å². The number of unbranched alkanes of at least 4 members (excludes halogenated alkanes) is 1. The van der Waals surface area contributed by atoms with Gasteiger partial charge in [-0.1, -0.05) is 6.92 Å². The topological polar surface area (TPSA) is 29.9 Å². The van der Waals surface area contributed by atoms with Crippen molar-refractivity contribution >= 4 is 0 Å². The first-order valence-corrected chi connectivity index (χ1v) is 5.03. The Kier molecular flexibility index (Phi) is 4.81. The third-order valence-electron chi connectivity index (χ3n) is 2.05. The number of aromatic nitrogens is 2. The zero-order valence-electron chi connectivity index (χ0n) is 8.66. The van der Waals surface area contributed by atoms with E-state index in [0.29, 0.717) is 0 Å². The Morgan fingerprint density at radius 3 is 3.21 bits per heavy atom. The summed E-state index contributed by atoms with van der Waals surface area (Å²) in [6, 6.07) is 2.04. The number of nitrogens with one attached hydrogen (secondary N) is 1. The molecule has 0 radical (unpaired) electrons. The number of hydrogen-bond donors (Lipinski definition) is 1. The fourth-order valence-corrected chi connectivity index (χ4v) is 1.30. The summed E-state index contributed by atoms with van der Waals surface area (Å²) in [4.78, 5) is 0. The van der Waals surface area contributed by atoms with Crippen LogP contribution in [0.15, 0.2) is 12.3 Å². The molecular weight excluding hydrogens is 174 g/mol. The summed E-state index contributed by atoms with van der Waals surface area (Å²) in [5.41, 5.74) is 1.23. The minimum absolute atomic E-state index is 0.820. The molecule has 0 aliphatic rings. The highest BCUT2D eigenvalue weighted by molar-refractivity contribution is 5.00. The van der Waals surface area contributed by atoms with Gasteiger partial charge >= 0.3 is 0 Å². The minimum atomic E-state index is 0.820. The number of rotatable bonds is 6. The Morgan fingerprint density at radius 1 is 1.64 bits per heavy atom. The average Bonchev–Trinajstić information content (AvgIpc) is 2.63. The summed E-state index contributed by atoms with van der Waals surface area (Å²) in [7, 11) is 0. The van der Waals surface area contributed by atoms with Crippen molar-refractivity contribution in [2.75, 3.05) is 6.54 Å². The van der Waals surface area contributed by atoms with Gasteiger partial charge in [-0.2, -0.15) is 5.10 Å². The molecule has 0 aromatic carbocycles. The largest absolute Gasteiger partial charge is 0.311 e. The lowest BCUT2D eigenvalue weighted by atomic mass is 10.3. The Bertz CT molecular complexity index is 296. The van der Waals surface area contributed by atoms with Crippen LogP contribution in [0.5, 0.6) is 0 Å². The van der Waals surface area contributed by atoms with Gasteiger partial charge in [-0.25, -0.2) is 0 Å². The van der Waals surface area contributed by atoms with Crippen LogP contribution in [0.25, 0.3) is 0 Å². The highest BCUT2D eigenvalue weighted by Crippen LogP contribution is 2.01. The van der Waals surface area contributed by atoms with Crippen LogP contribution in [0, 0.1) is 12.3 Å². The maximum atomic E-state index is 5.19. The molecule has 0 spiro atoms. The standard InChI is InChI=1S/C11H17N3/c1-3-5-6-9-14-11(7-8-13-14)10-12-4-2/h1,7-8,12H,4-6,9-10H2,2H3. The van der Waals surface area contributed by atoms with Crippen LogP contribution >= 0.6 is 0 Å². The van der Waals surface area contributed by atoms with Gasteiger partial charge in [0.05, 0.1) is 5.69 Å². The maximum absolute atomic E-state index is 5.19. The van der Waals surface area contributed by atoms with Crippen LogP contribution in [0.2, 0.25) is 0 Å². The number of terminal acetylenes is 1. The second-order valence-electron chi connectivity index (χ2n) is 3.13. The van der Waals surface area contributed by atoms with Gasteiger partial charge in [0, 0.05) is 25.7 Å². The predicted molar refractivity (Wildman–Crippen MR) is 57.7 cm³/mol. The fraction of sp³-hybridized carbons (Fsp3) is 0.545. The summed E-state index contributed by atoms with van der Waals surface area (Å²) in [6.07, 6.45) is 8.85. The molecule has 0 aliphatic carbocycles. The SMILES string of the molecule is C#CCCCn1nccc1CNCC. The average molecular weight is 191 g/mol. The van der Waals surface area contributed by atoms with Gasteiger partial charge in [0.1, 0.15) is 0 Å². The molecular formula is C11H17N3. The molecule has 0 fully saturated rings. The van der Waals surface area contributed by atoms with E-state index >= 15 is 0 Å². The van der Waals surface area contributed by atoms with E-state index in [4.69, 9.17) is 6.42 Å². The molecule has 3 nitrogen and oxygen atoms in total. The molecule has 0 saturated carbocycles. The highest BCUT2D eigenvalue weighted by atomic mass is 15.3. The van der Waals surface area contributed by atoms with Gasteiger partial charge in [-0.05, 0) is 19.0 Å². The highest BCUT2D eigenvalue weighted by Gasteiger charge is 2.00. The molecule has 76 valence electrons.